The quantitative estimate of drug-likeness (QED) is 0.640. The second-order valence-electron chi connectivity index (χ2n) is 5.29. The van der Waals surface area contributed by atoms with Gasteiger partial charge >= 0.3 is 0 Å². The van der Waals surface area contributed by atoms with Crippen molar-refractivity contribution in [3.8, 4) is 0 Å². The molecule has 0 atom stereocenters. The summed E-state index contributed by atoms with van der Waals surface area (Å²) < 4.78 is 0. The third-order valence-corrected chi connectivity index (χ3v) is 2.97. The van der Waals surface area contributed by atoms with E-state index >= 15 is 0 Å². The molecule has 0 heteroatoms. The molecule has 0 spiro atoms. The summed E-state index contributed by atoms with van der Waals surface area (Å²) in [4.78, 5) is 0. The Bertz CT molecular complexity index is 462. The molecule has 0 N–H and O–H groups in total. The van der Waals surface area contributed by atoms with Crippen molar-refractivity contribution in [2.75, 3.05) is 0 Å². The maximum Gasteiger partial charge on any atom is -0.0117 e. The Balaban J connectivity index is 2.31. The minimum Gasteiger partial charge on any atom is -0.0911 e. The molecule has 0 fully saturated rings. The predicted molar refractivity (Wildman–Crippen MR) is 71.4 cm³/mol. The van der Waals surface area contributed by atoms with Crippen LogP contribution in [-0.2, 0) is 5.41 Å². The summed E-state index contributed by atoms with van der Waals surface area (Å²) in [6.07, 6.45) is 6.22. The largest absolute Gasteiger partial charge is 0.0911 e. The predicted octanol–water partition coefficient (Wildman–Crippen LogP) is 4.49. The second-order valence-corrected chi connectivity index (χ2v) is 5.29. The van der Waals surface area contributed by atoms with Crippen molar-refractivity contribution < 1.29 is 0 Å². The van der Waals surface area contributed by atoms with Crippen LogP contribution in [0.4, 0.5) is 0 Å². The van der Waals surface area contributed by atoms with Gasteiger partial charge in [-0.05, 0) is 27.7 Å². The molecule has 1 aliphatic rings. The molecular formula is C16H18. The summed E-state index contributed by atoms with van der Waals surface area (Å²) in [5, 5.41) is 0. The Morgan fingerprint density at radius 2 is 1.62 bits per heavy atom. The Hall–Kier alpha value is -1.56. The van der Waals surface area contributed by atoms with Crippen LogP contribution in [-0.4, -0.2) is 0 Å². The van der Waals surface area contributed by atoms with E-state index in [1.54, 1.807) is 0 Å². The summed E-state index contributed by atoms with van der Waals surface area (Å²) in [7, 11) is 0. The van der Waals surface area contributed by atoms with E-state index in [4.69, 9.17) is 0 Å². The fourth-order valence-electron chi connectivity index (χ4n) is 1.89. The van der Waals surface area contributed by atoms with Crippen LogP contribution in [0.3, 0.4) is 0 Å². The zero-order valence-electron chi connectivity index (χ0n) is 10.2. The molecule has 0 saturated heterocycles. The zero-order valence-corrected chi connectivity index (χ0v) is 10.2. The van der Waals surface area contributed by atoms with E-state index in [0.717, 1.165) is 5.57 Å². The van der Waals surface area contributed by atoms with Crippen LogP contribution in [0.2, 0.25) is 0 Å². The van der Waals surface area contributed by atoms with E-state index in [1.807, 2.05) is 6.08 Å². The molecule has 0 bridgehead atoms. The van der Waals surface area contributed by atoms with Crippen LogP contribution in [0.15, 0.2) is 54.6 Å². The van der Waals surface area contributed by atoms with E-state index < -0.39 is 0 Å². The molecule has 1 aliphatic carbocycles. The molecule has 0 saturated carbocycles. The Labute approximate surface area is 98.0 Å². The number of rotatable bonds is 1. The van der Waals surface area contributed by atoms with Crippen LogP contribution < -0.4 is 0 Å². The van der Waals surface area contributed by atoms with Crippen LogP contribution in [0.25, 0.3) is 5.57 Å². The summed E-state index contributed by atoms with van der Waals surface area (Å²) in [6, 6.07) is 8.79. The molecule has 82 valence electrons. The lowest BCUT2D eigenvalue weighted by molar-refractivity contribution is 0.590. The first-order valence-electron chi connectivity index (χ1n) is 5.67. The molecule has 0 nitrogen and oxygen atoms in total. The molecule has 1 aromatic carbocycles. The van der Waals surface area contributed by atoms with E-state index in [2.05, 4.69) is 63.8 Å². The first-order valence-corrected chi connectivity index (χ1v) is 5.67. The van der Waals surface area contributed by atoms with Crippen molar-refractivity contribution in [1.29, 1.82) is 0 Å². The topological polar surface area (TPSA) is 0 Å². The van der Waals surface area contributed by atoms with Crippen molar-refractivity contribution in [2.45, 2.75) is 26.2 Å². The lowest BCUT2D eigenvalue weighted by atomic mass is 9.86. The monoisotopic (exact) mass is 210 g/mol. The summed E-state index contributed by atoms with van der Waals surface area (Å²) in [5.74, 6) is 0. The highest BCUT2D eigenvalue weighted by molar-refractivity contribution is 5.85. The van der Waals surface area contributed by atoms with Gasteiger partial charge in [-0.3, -0.25) is 0 Å². The molecule has 0 amide bonds. The van der Waals surface area contributed by atoms with Gasteiger partial charge in [0.2, 0.25) is 0 Å². The van der Waals surface area contributed by atoms with Gasteiger partial charge in [-0.15, -0.1) is 0 Å². The van der Waals surface area contributed by atoms with Gasteiger partial charge in [-0.25, -0.2) is 0 Å². The van der Waals surface area contributed by atoms with Crippen LogP contribution in [0.5, 0.6) is 0 Å². The SMILES string of the molecule is C=C1C=CC=C1c1ccc(C(C)(C)C)cc1. The number of hydrogen-bond donors (Lipinski definition) is 0. The van der Waals surface area contributed by atoms with Crippen molar-refractivity contribution in [3.63, 3.8) is 0 Å². The highest BCUT2D eigenvalue weighted by Crippen LogP contribution is 2.29. The molecule has 0 aromatic heterocycles. The van der Waals surface area contributed by atoms with Gasteiger partial charge in [0.15, 0.2) is 0 Å². The number of hydrogen-bond acceptors (Lipinski definition) is 0. The van der Waals surface area contributed by atoms with Gasteiger partial charge in [0.1, 0.15) is 0 Å². The molecule has 0 aliphatic heterocycles. The smallest absolute Gasteiger partial charge is 0.0117 e. The van der Waals surface area contributed by atoms with E-state index in [-0.39, 0.29) is 5.41 Å². The fraction of sp³-hybridized carbons (Fsp3) is 0.250. The number of benzene rings is 1. The van der Waals surface area contributed by atoms with E-state index in [1.165, 1.54) is 16.7 Å². The normalized spacial score (nSPS) is 15.4. The average Bonchev–Trinajstić information content (AvgIpc) is 2.63. The van der Waals surface area contributed by atoms with Crippen LogP contribution in [0.1, 0.15) is 31.9 Å². The minimum atomic E-state index is 0.220. The minimum absolute atomic E-state index is 0.220. The highest BCUT2D eigenvalue weighted by atomic mass is 14.2. The van der Waals surface area contributed by atoms with Crippen LogP contribution in [0, 0.1) is 0 Å². The molecular weight excluding hydrogens is 192 g/mol. The Kier molecular flexibility index (Phi) is 2.59. The number of allylic oxidation sites excluding steroid dienone is 5. The highest BCUT2D eigenvalue weighted by Gasteiger charge is 2.14. The molecule has 0 heterocycles. The molecule has 0 unspecified atom stereocenters. The molecule has 2 rings (SSSR count). The van der Waals surface area contributed by atoms with Crippen molar-refractivity contribution in [1.82, 2.24) is 0 Å². The van der Waals surface area contributed by atoms with Gasteiger partial charge in [-0.1, -0.05) is 69.8 Å². The zero-order chi connectivity index (χ0) is 11.8. The fourth-order valence-corrected chi connectivity index (χ4v) is 1.89. The van der Waals surface area contributed by atoms with Crippen LogP contribution >= 0.6 is 0 Å². The van der Waals surface area contributed by atoms with Gasteiger partial charge in [0.25, 0.3) is 0 Å². The molecule has 16 heavy (non-hydrogen) atoms. The lowest BCUT2D eigenvalue weighted by Crippen LogP contribution is -2.10. The second kappa shape index (κ2) is 3.79. The lowest BCUT2D eigenvalue weighted by Gasteiger charge is -2.19. The van der Waals surface area contributed by atoms with E-state index in [9.17, 15) is 0 Å². The van der Waals surface area contributed by atoms with E-state index in [0.29, 0.717) is 0 Å². The standard InChI is InChI=1S/C16H18/c1-12-6-5-7-15(12)13-8-10-14(11-9-13)16(2,3)4/h5-11H,1H2,2-4H3. The third kappa shape index (κ3) is 2.01. The van der Waals surface area contributed by atoms with Gasteiger partial charge in [0.05, 0.1) is 0 Å². The maximum absolute atomic E-state index is 4.03. The average molecular weight is 210 g/mol. The van der Waals surface area contributed by atoms with Crippen molar-refractivity contribution in [3.05, 3.63) is 65.8 Å². The Morgan fingerprint density at radius 1 is 1.00 bits per heavy atom. The van der Waals surface area contributed by atoms with Crippen molar-refractivity contribution >= 4 is 5.57 Å². The maximum atomic E-state index is 4.03. The molecule has 0 radical (unpaired) electrons. The van der Waals surface area contributed by atoms with Gasteiger partial charge in [0, 0.05) is 0 Å². The first kappa shape index (κ1) is 10.9. The summed E-state index contributed by atoms with van der Waals surface area (Å²) in [5.41, 5.74) is 5.18. The Morgan fingerprint density at radius 3 is 2.06 bits per heavy atom. The van der Waals surface area contributed by atoms with Gasteiger partial charge in [-0.2, -0.15) is 0 Å². The van der Waals surface area contributed by atoms with Crippen molar-refractivity contribution in [2.24, 2.45) is 0 Å². The molecule has 1 aromatic rings. The summed E-state index contributed by atoms with van der Waals surface area (Å²) in [6.45, 7) is 10.7. The van der Waals surface area contributed by atoms with Gasteiger partial charge < -0.3 is 0 Å². The summed E-state index contributed by atoms with van der Waals surface area (Å²) >= 11 is 0. The third-order valence-electron chi connectivity index (χ3n) is 2.97. The first-order chi connectivity index (χ1) is 7.48.